The summed E-state index contributed by atoms with van der Waals surface area (Å²) >= 11 is 3.18. The van der Waals surface area contributed by atoms with Crippen LogP contribution in [0.4, 0.5) is 0 Å². The van der Waals surface area contributed by atoms with Gasteiger partial charge in [0.25, 0.3) is 0 Å². The number of hydrogen-bond donors (Lipinski definition) is 1. The lowest BCUT2D eigenvalue weighted by atomic mass is 10.1. The first kappa shape index (κ1) is 16.1. The molecule has 1 aromatic carbocycles. The van der Waals surface area contributed by atoms with Crippen molar-refractivity contribution >= 4 is 31.7 Å². The summed E-state index contributed by atoms with van der Waals surface area (Å²) < 4.78 is 29.9. The van der Waals surface area contributed by atoms with Crippen molar-refractivity contribution in [3.8, 4) is 0 Å². The van der Waals surface area contributed by atoms with Gasteiger partial charge in [0.15, 0.2) is 9.84 Å². The first-order valence-electron chi connectivity index (χ1n) is 5.48. The number of sulfone groups is 1. The molecule has 1 atom stereocenters. The highest BCUT2D eigenvalue weighted by atomic mass is 79.9. The maximum atomic E-state index is 12.3. The smallest absolute Gasteiger partial charge is 0.335 e. The number of rotatable bonds is 5. The molecule has 0 fully saturated rings. The van der Waals surface area contributed by atoms with Crippen LogP contribution in [-0.4, -0.2) is 38.5 Å². The predicted molar refractivity (Wildman–Crippen MR) is 74.4 cm³/mol. The topological polar surface area (TPSA) is 80.7 Å². The minimum absolute atomic E-state index is 0.0168. The zero-order chi connectivity index (χ0) is 14.8. The van der Waals surface area contributed by atoms with Gasteiger partial charge in [-0.1, -0.05) is 15.9 Å². The Bertz CT molecular complexity index is 594. The van der Waals surface area contributed by atoms with E-state index in [1.54, 1.807) is 13.8 Å². The second-order valence-electron chi connectivity index (χ2n) is 4.21. The van der Waals surface area contributed by atoms with Gasteiger partial charge in [0, 0.05) is 11.6 Å². The molecule has 0 bridgehead atoms. The average Bonchev–Trinajstić information content (AvgIpc) is 2.31. The molecule has 0 aliphatic heterocycles. The maximum absolute atomic E-state index is 12.3. The fourth-order valence-electron chi connectivity index (χ4n) is 1.57. The van der Waals surface area contributed by atoms with E-state index in [1.807, 2.05) is 0 Å². The monoisotopic (exact) mass is 350 g/mol. The van der Waals surface area contributed by atoms with Crippen molar-refractivity contribution < 1.29 is 23.1 Å². The summed E-state index contributed by atoms with van der Waals surface area (Å²) in [4.78, 5) is 11.0. The van der Waals surface area contributed by atoms with Crippen LogP contribution in [0.2, 0.25) is 0 Å². The molecular weight excluding hydrogens is 336 g/mol. The van der Waals surface area contributed by atoms with Gasteiger partial charge >= 0.3 is 5.97 Å². The van der Waals surface area contributed by atoms with Gasteiger partial charge in [-0.25, -0.2) is 13.2 Å². The lowest BCUT2D eigenvalue weighted by Crippen LogP contribution is -2.21. The SMILES string of the molecule is COC(C)CS(=O)(=O)c1cc(C(=O)O)cc(Br)c1C. The molecule has 0 spiro atoms. The Kier molecular flexibility index (Phi) is 5.11. The molecule has 0 heterocycles. The standard InChI is InChI=1S/C12H15BrO5S/c1-7(18-3)6-19(16,17)11-5-9(12(14)15)4-10(13)8(11)2/h4-5,7H,6H2,1-3H3,(H,14,15). The second kappa shape index (κ2) is 6.02. The van der Waals surface area contributed by atoms with Crippen molar-refractivity contribution in [1.82, 2.24) is 0 Å². The van der Waals surface area contributed by atoms with Gasteiger partial charge in [-0.3, -0.25) is 0 Å². The normalized spacial score (nSPS) is 13.3. The van der Waals surface area contributed by atoms with Crippen LogP contribution in [0.5, 0.6) is 0 Å². The van der Waals surface area contributed by atoms with E-state index < -0.39 is 21.9 Å². The van der Waals surface area contributed by atoms with Crippen molar-refractivity contribution in [2.24, 2.45) is 0 Å². The average molecular weight is 351 g/mol. The van der Waals surface area contributed by atoms with Gasteiger partial charge < -0.3 is 9.84 Å². The number of methoxy groups -OCH3 is 1. The number of hydrogen-bond acceptors (Lipinski definition) is 4. The molecule has 7 heteroatoms. The maximum Gasteiger partial charge on any atom is 0.335 e. The molecule has 5 nitrogen and oxygen atoms in total. The van der Waals surface area contributed by atoms with Crippen LogP contribution in [0.15, 0.2) is 21.5 Å². The van der Waals surface area contributed by atoms with E-state index in [0.717, 1.165) is 0 Å². The van der Waals surface area contributed by atoms with Crippen LogP contribution in [0.25, 0.3) is 0 Å². The molecule has 0 aliphatic carbocycles. The highest BCUT2D eigenvalue weighted by molar-refractivity contribution is 9.10. The molecule has 1 rings (SSSR count). The molecule has 1 unspecified atom stereocenters. The van der Waals surface area contributed by atoms with Gasteiger partial charge in [-0.05, 0) is 31.5 Å². The largest absolute Gasteiger partial charge is 0.478 e. The summed E-state index contributed by atoms with van der Waals surface area (Å²) in [5.74, 6) is -1.36. The molecule has 1 aromatic rings. The van der Waals surface area contributed by atoms with Crippen molar-refractivity contribution in [2.75, 3.05) is 12.9 Å². The lowest BCUT2D eigenvalue weighted by molar-refractivity contribution is 0.0696. The summed E-state index contributed by atoms with van der Waals surface area (Å²) in [5, 5.41) is 8.98. The van der Waals surface area contributed by atoms with E-state index in [2.05, 4.69) is 15.9 Å². The number of benzene rings is 1. The third kappa shape index (κ3) is 3.77. The highest BCUT2D eigenvalue weighted by Crippen LogP contribution is 2.27. The molecule has 0 radical (unpaired) electrons. The molecule has 0 aliphatic rings. The van der Waals surface area contributed by atoms with Crippen molar-refractivity contribution in [3.05, 3.63) is 27.7 Å². The fraction of sp³-hybridized carbons (Fsp3) is 0.417. The summed E-state index contributed by atoms with van der Waals surface area (Å²) in [5.41, 5.74) is 0.425. The zero-order valence-corrected chi connectivity index (χ0v) is 13.2. The number of halogens is 1. The summed E-state index contributed by atoms with van der Waals surface area (Å²) in [6.07, 6.45) is -0.461. The zero-order valence-electron chi connectivity index (χ0n) is 10.8. The van der Waals surface area contributed by atoms with E-state index in [9.17, 15) is 13.2 Å². The lowest BCUT2D eigenvalue weighted by Gasteiger charge is -2.13. The van der Waals surface area contributed by atoms with Crippen molar-refractivity contribution in [2.45, 2.75) is 24.8 Å². The van der Waals surface area contributed by atoms with Gasteiger partial charge in [0.2, 0.25) is 0 Å². The summed E-state index contributed by atoms with van der Waals surface area (Å²) in [6.45, 7) is 3.27. The Morgan fingerprint density at radius 3 is 2.53 bits per heavy atom. The van der Waals surface area contributed by atoms with Crippen LogP contribution in [0.1, 0.15) is 22.8 Å². The Labute approximate surface area is 120 Å². The van der Waals surface area contributed by atoms with Crippen LogP contribution in [0.3, 0.4) is 0 Å². The molecule has 0 saturated carbocycles. The minimum Gasteiger partial charge on any atom is -0.478 e. The first-order chi connectivity index (χ1) is 8.69. The highest BCUT2D eigenvalue weighted by Gasteiger charge is 2.23. The number of aromatic carboxylic acids is 1. The predicted octanol–water partition coefficient (Wildman–Crippen LogP) is 2.26. The first-order valence-corrected chi connectivity index (χ1v) is 7.92. The Hall–Kier alpha value is -0.920. The second-order valence-corrected chi connectivity index (χ2v) is 7.07. The van der Waals surface area contributed by atoms with E-state index in [1.165, 1.54) is 19.2 Å². The fourth-order valence-corrected chi connectivity index (χ4v) is 3.97. The number of carbonyl (C=O) groups is 1. The van der Waals surface area contributed by atoms with E-state index in [4.69, 9.17) is 9.84 Å². The minimum atomic E-state index is -3.60. The third-order valence-corrected chi connectivity index (χ3v) is 5.56. The van der Waals surface area contributed by atoms with E-state index in [0.29, 0.717) is 10.0 Å². The van der Waals surface area contributed by atoms with Gasteiger partial charge in [-0.2, -0.15) is 0 Å². The van der Waals surface area contributed by atoms with Gasteiger partial charge in [0.05, 0.1) is 22.3 Å². The van der Waals surface area contributed by atoms with Crippen LogP contribution in [-0.2, 0) is 14.6 Å². The molecule has 1 N–H and O–H groups in total. The summed E-state index contributed by atoms with van der Waals surface area (Å²) in [6, 6.07) is 2.57. The van der Waals surface area contributed by atoms with Crippen molar-refractivity contribution in [3.63, 3.8) is 0 Å². The van der Waals surface area contributed by atoms with Crippen molar-refractivity contribution in [1.29, 1.82) is 0 Å². The summed E-state index contributed by atoms with van der Waals surface area (Å²) in [7, 11) is -2.17. The Balaban J connectivity index is 3.37. The molecule has 0 saturated heterocycles. The van der Waals surface area contributed by atoms with Gasteiger partial charge in [0.1, 0.15) is 0 Å². The van der Waals surface area contributed by atoms with Crippen LogP contribution in [0, 0.1) is 6.92 Å². The van der Waals surface area contributed by atoms with Crippen LogP contribution >= 0.6 is 15.9 Å². The Morgan fingerprint density at radius 1 is 1.47 bits per heavy atom. The number of carboxylic acids is 1. The quantitative estimate of drug-likeness (QED) is 0.880. The molecule has 0 aromatic heterocycles. The van der Waals surface area contributed by atoms with E-state index >= 15 is 0 Å². The number of carboxylic acid groups (broad SMARTS) is 1. The van der Waals surface area contributed by atoms with Gasteiger partial charge in [-0.15, -0.1) is 0 Å². The molecule has 19 heavy (non-hydrogen) atoms. The molecular formula is C12H15BrO5S. The third-order valence-electron chi connectivity index (χ3n) is 2.74. The van der Waals surface area contributed by atoms with Crippen LogP contribution < -0.4 is 0 Å². The molecule has 106 valence electrons. The molecule has 0 amide bonds. The number of ether oxygens (including phenoxy) is 1. The Morgan fingerprint density at radius 2 is 2.05 bits per heavy atom. The van der Waals surface area contributed by atoms with E-state index in [-0.39, 0.29) is 16.2 Å².